The molecule has 1 aliphatic rings. The van der Waals surface area contributed by atoms with E-state index in [9.17, 15) is 9.90 Å². The van der Waals surface area contributed by atoms with Gasteiger partial charge in [0.1, 0.15) is 5.75 Å². The second-order valence-electron chi connectivity index (χ2n) is 8.71. The number of aryl methyl sites for hydroxylation is 1. The molecular formula is C28H26N4O3S. The lowest BCUT2D eigenvalue weighted by Gasteiger charge is -2.28. The standard InChI is InChI=1S/C28H26N4O3S/c1-17-15-23(18(2)31(17)20-12-10-19(11-13-20)27(33)34)26-25(24-9-4-5-14-29-24)30-28(36)32(26)21-7-6-8-22(16-21)35-3/h4-16,25-26H,1-3H3,(H,30,36)(H,33,34)/t25-,26-/m0/s1. The smallest absolute Gasteiger partial charge is 0.335 e. The van der Waals surface area contributed by atoms with Crippen LogP contribution in [-0.4, -0.2) is 32.8 Å². The zero-order valence-electron chi connectivity index (χ0n) is 20.2. The van der Waals surface area contributed by atoms with Crippen LogP contribution in [-0.2, 0) is 0 Å². The summed E-state index contributed by atoms with van der Waals surface area (Å²) in [6.45, 7) is 4.13. The monoisotopic (exact) mass is 498 g/mol. The van der Waals surface area contributed by atoms with E-state index in [2.05, 4.69) is 32.8 Å². The quantitative estimate of drug-likeness (QED) is 0.346. The van der Waals surface area contributed by atoms with Crippen LogP contribution < -0.4 is 15.0 Å². The van der Waals surface area contributed by atoms with Crippen molar-refractivity contribution in [1.82, 2.24) is 14.9 Å². The van der Waals surface area contributed by atoms with Crippen LogP contribution in [0.3, 0.4) is 0 Å². The summed E-state index contributed by atoms with van der Waals surface area (Å²) in [6.07, 6.45) is 1.79. The number of aromatic nitrogens is 2. The number of nitrogens with one attached hydrogen (secondary N) is 1. The number of anilines is 1. The third-order valence-electron chi connectivity index (χ3n) is 6.59. The Morgan fingerprint density at radius 2 is 1.81 bits per heavy atom. The summed E-state index contributed by atoms with van der Waals surface area (Å²) in [5, 5.41) is 13.4. The molecule has 5 rings (SSSR count). The van der Waals surface area contributed by atoms with Crippen molar-refractivity contribution in [1.29, 1.82) is 0 Å². The van der Waals surface area contributed by atoms with Crippen molar-refractivity contribution in [3.63, 3.8) is 0 Å². The van der Waals surface area contributed by atoms with Crippen LogP contribution >= 0.6 is 12.2 Å². The maximum absolute atomic E-state index is 11.3. The first-order valence-electron chi connectivity index (χ1n) is 11.6. The fourth-order valence-electron chi connectivity index (χ4n) is 4.95. The summed E-state index contributed by atoms with van der Waals surface area (Å²) < 4.78 is 7.63. The molecule has 1 aliphatic heterocycles. The normalized spacial score (nSPS) is 17.2. The third-order valence-corrected chi connectivity index (χ3v) is 6.91. The van der Waals surface area contributed by atoms with Crippen LogP contribution in [0.2, 0.25) is 0 Å². The van der Waals surface area contributed by atoms with Crippen LogP contribution in [0, 0.1) is 13.8 Å². The number of ether oxygens (including phenoxy) is 1. The lowest BCUT2D eigenvalue weighted by atomic mass is 9.96. The molecule has 0 bridgehead atoms. The third kappa shape index (κ3) is 4.09. The molecule has 2 aromatic heterocycles. The molecule has 0 aliphatic carbocycles. The van der Waals surface area contributed by atoms with Crippen molar-refractivity contribution < 1.29 is 14.6 Å². The number of rotatable bonds is 6. The largest absolute Gasteiger partial charge is 0.497 e. The molecule has 182 valence electrons. The van der Waals surface area contributed by atoms with Gasteiger partial charge in [-0.2, -0.15) is 0 Å². The molecule has 7 nitrogen and oxygen atoms in total. The van der Waals surface area contributed by atoms with Crippen LogP contribution in [0.1, 0.15) is 45.1 Å². The van der Waals surface area contributed by atoms with Gasteiger partial charge in [-0.1, -0.05) is 12.1 Å². The Morgan fingerprint density at radius 1 is 1.03 bits per heavy atom. The number of thiocarbonyl (C=S) groups is 1. The van der Waals surface area contributed by atoms with E-state index in [1.807, 2.05) is 61.5 Å². The molecular weight excluding hydrogens is 472 g/mol. The number of benzene rings is 2. The number of hydrogen-bond acceptors (Lipinski definition) is 4. The predicted octanol–water partition coefficient (Wildman–Crippen LogP) is 5.37. The molecule has 2 atom stereocenters. The highest BCUT2D eigenvalue weighted by molar-refractivity contribution is 7.80. The van der Waals surface area contributed by atoms with E-state index in [-0.39, 0.29) is 17.6 Å². The van der Waals surface area contributed by atoms with E-state index in [4.69, 9.17) is 17.0 Å². The first-order valence-corrected chi connectivity index (χ1v) is 12.0. The lowest BCUT2D eigenvalue weighted by Crippen LogP contribution is -2.29. The Hall–Kier alpha value is -4.17. The number of hydrogen-bond donors (Lipinski definition) is 2. The van der Waals surface area contributed by atoms with Gasteiger partial charge < -0.3 is 24.6 Å². The topological polar surface area (TPSA) is 79.6 Å². The van der Waals surface area contributed by atoms with E-state index in [0.29, 0.717) is 5.11 Å². The molecule has 0 spiro atoms. The molecule has 0 saturated carbocycles. The number of nitrogens with zero attached hydrogens (tertiary/aromatic N) is 3. The van der Waals surface area contributed by atoms with Crippen molar-refractivity contribution in [3.8, 4) is 11.4 Å². The lowest BCUT2D eigenvalue weighted by molar-refractivity contribution is 0.0697. The molecule has 2 N–H and O–H groups in total. The average Bonchev–Trinajstić information content (AvgIpc) is 3.39. The fraction of sp³-hybridized carbons (Fsp3) is 0.179. The summed E-state index contributed by atoms with van der Waals surface area (Å²) in [7, 11) is 1.65. The van der Waals surface area contributed by atoms with Gasteiger partial charge >= 0.3 is 5.97 Å². The molecule has 3 heterocycles. The van der Waals surface area contributed by atoms with Gasteiger partial charge in [0.05, 0.1) is 30.5 Å². The Balaban J connectivity index is 1.65. The number of pyridine rings is 1. The van der Waals surface area contributed by atoms with E-state index >= 15 is 0 Å². The van der Waals surface area contributed by atoms with Crippen molar-refractivity contribution in [2.45, 2.75) is 25.9 Å². The minimum atomic E-state index is -0.944. The number of carboxylic acids is 1. The van der Waals surface area contributed by atoms with E-state index < -0.39 is 5.97 Å². The molecule has 0 radical (unpaired) electrons. The number of methoxy groups -OCH3 is 1. The van der Waals surface area contributed by atoms with Crippen molar-refractivity contribution in [3.05, 3.63) is 107 Å². The van der Waals surface area contributed by atoms with Gasteiger partial charge in [0.2, 0.25) is 0 Å². The Bertz CT molecular complexity index is 1430. The summed E-state index contributed by atoms with van der Waals surface area (Å²) in [5.41, 5.74) is 6.15. The van der Waals surface area contributed by atoms with Gasteiger partial charge in [-0.05, 0) is 86.2 Å². The highest BCUT2D eigenvalue weighted by atomic mass is 32.1. The number of aromatic carboxylic acids is 1. The van der Waals surface area contributed by atoms with Crippen LogP contribution in [0.4, 0.5) is 5.69 Å². The summed E-state index contributed by atoms with van der Waals surface area (Å²) in [4.78, 5) is 18.1. The second-order valence-corrected chi connectivity index (χ2v) is 9.10. The molecule has 0 unspecified atom stereocenters. The molecule has 36 heavy (non-hydrogen) atoms. The molecule has 2 aromatic carbocycles. The van der Waals surface area contributed by atoms with Gasteiger partial charge in [-0.3, -0.25) is 4.98 Å². The van der Waals surface area contributed by atoms with Crippen molar-refractivity contribution in [2.75, 3.05) is 12.0 Å². The van der Waals surface area contributed by atoms with Gasteiger partial charge in [-0.15, -0.1) is 0 Å². The zero-order valence-corrected chi connectivity index (χ0v) is 21.0. The summed E-state index contributed by atoms with van der Waals surface area (Å²) in [6, 6.07) is 22.5. The highest BCUT2D eigenvalue weighted by Gasteiger charge is 2.42. The van der Waals surface area contributed by atoms with Crippen LogP contribution in [0.15, 0.2) is 79.0 Å². The molecule has 0 amide bonds. The van der Waals surface area contributed by atoms with Gasteiger partial charge in [0, 0.05) is 35.0 Å². The van der Waals surface area contributed by atoms with Gasteiger partial charge in [-0.25, -0.2) is 4.79 Å². The molecule has 8 heteroatoms. The molecule has 4 aromatic rings. The Labute approximate surface area is 215 Å². The Morgan fingerprint density at radius 3 is 2.47 bits per heavy atom. The summed E-state index contributed by atoms with van der Waals surface area (Å²) in [5.74, 6) is -0.194. The maximum Gasteiger partial charge on any atom is 0.335 e. The van der Waals surface area contributed by atoms with Crippen molar-refractivity contribution >= 4 is 29.0 Å². The minimum absolute atomic E-state index is 0.169. The average molecular weight is 499 g/mol. The van der Waals surface area contributed by atoms with Crippen LogP contribution in [0.25, 0.3) is 5.69 Å². The minimum Gasteiger partial charge on any atom is -0.497 e. The first-order chi connectivity index (χ1) is 17.4. The van der Waals surface area contributed by atoms with E-state index in [0.717, 1.165) is 39.8 Å². The van der Waals surface area contributed by atoms with Gasteiger partial charge in [0.25, 0.3) is 0 Å². The van der Waals surface area contributed by atoms with Gasteiger partial charge in [0.15, 0.2) is 5.11 Å². The zero-order chi connectivity index (χ0) is 25.4. The second kappa shape index (κ2) is 9.47. The molecule has 1 fully saturated rings. The van der Waals surface area contributed by atoms with Crippen molar-refractivity contribution in [2.24, 2.45) is 0 Å². The van der Waals surface area contributed by atoms with E-state index in [1.54, 1.807) is 25.4 Å². The number of carbonyl (C=O) groups is 1. The predicted molar refractivity (Wildman–Crippen MR) is 143 cm³/mol. The number of carboxylic acid groups (broad SMARTS) is 1. The highest BCUT2D eigenvalue weighted by Crippen LogP contribution is 2.44. The molecule has 1 saturated heterocycles. The SMILES string of the molecule is COc1cccc(N2C(=S)N[C@@H](c3ccccn3)[C@@H]2c2cc(C)n(-c3ccc(C(=O)O)cc3)c2C)c1. The van der Waals surface area contributed by atoms with Crippen LogP contribution in [0.5, 0.6) is 5.75 Å². The first kappa shape index (κ1) is 23.6. The van der Waals surface area contributed by atoms with E-state index in [1.165, 1.54) is 0 Å². The maximum atomic E-state index is 11.3. The Kier molecular flexibility index (Phi) is 6.20. The fourth-order valence-corrected chi connectivity index (χ4v) is 5.29. The summed E-state index contributed by atoms with van der Waals surface area (Å²) >= 11 is 5.86.